The number of hydrogen-bond acceptors (Lipinski definition) is 3. The molecule has 0 aliphatic carbocycles. The number of pyridine rings is 1. The van der Waals surface area contributed by atoms with Crippen LogP contribution >= 0.6 is 0 Å². The van der Waals surface area contributed by atoms with Gasteiger partial charge in [0, 0.05) is 19.8 Å². The molecule has 1 aliphatic rings. The van der Waals surface area contributed by atoms with Gasteiger partial charge in [-0.2, -0.15) is 0 Å². The Balaban J connectivity index is 1.97. The molecule has 0 bridgehead atoms. The highest BCUT2D eigenvalue weighted by Crippen LogP contribution is 2.23. The van der Waals surface area contributed by atoms with E-state index in [1.54, 1.807) is 0 Å². The fourth-order valence-corrected chi connectivity index (χ4v) is 2.62. The molecule has 0 spiro atoms. The van der Waals surface area contributed by atoms with Crippen LogP contribution in [0.4, 0.5) is 5.82 Å². The van der Waals surface area contributed by atoms with Crippen molar-refractivity contribution in [3.8, 4) is 0 Å². The molecule has 3 nitrogen and oxygen atoms in total. The highest BCUT2D eigenvalue weighted by atomic mass is 15.2. The highest BCUT2D eigenvalue weighted by molar-refractivity contribution is 5.39. The molecular formula is C16H27N3. The Kier molecular flexibility index (Phi) is 4.46. The summed E-state index contributed by atoms with van der Waals surface area (Å²) in [6.45, 7) is 10.1. The highest BCUT2D eigenvalue weighted by Gasteiger charge is 2.17. The molecule has 2 heterocycles. The summed E-state index contributed by atoms with van der Waals surface area (Å²) in [4.78, 5) is 6.90. The minimum atomic E-state index is 0.178. The normalized spacial score (nSPS) is 20.3. The van der Waals surface area contributed by atoms with Crippen LogP contribution in [0.3, 0.4) is 0 Å². The van der Waals surface area contributed by atoms with E-state index in [1.807, 2.05) is 6.20 Å². The molecule has 1 unspecified atom stereocenters. The van der Waals surface area contributed by atoms with E-state index < -0.39 is 0 Å². The van der Waals surface area contributed by atoms with Gasteiger partial charge in [-0.25, -0.2) is 4.98 Å². The Labute approximate surface area is 117 Å². The van der Waals surface area contributed by atoms with Gasteiger partial charge in [-0.3, -0.25) is 0 Å². The van der Waals surface area contributed by atoms with Crippen LogP contribution < -0.4 is 10.2 Å². The van der Waals surface area contributed by atoms with E-state index in [9.17, 15) is 0 Å². The molecule has 1 saturated heterocycles. The monoisotopic (exact) mass is 261 g/mol. The summed E-state index contributed by atoms with van der Waals surface area (Å²) in [5, 5.41) is 3.47. The van der Waals surface area contributed by atoms with Crippen molar-refractivity contribution in [3.63, 3.8) is 0 Å². The van der Waals surface area contributed by atoms with Gasteiger partial charge in [0.1, 0.15) is 5.82 Å². The lowest BCUT2D eigenvalue weighted by molar-refractivity contribution is 0.380. The van der Waals surface area contributed by atoms with Crippen molar-refractivity contribution in [1.82, 2.24) is 10.3 Å². The first-order valence-electron chi connectivity index (χ1n) is 7.35. The number of nitrogens with one attached hydrogen (secondary N) is 1. The molecule has 0 saturated carbocycles. The van der Waals surface area contributed by atoms with Crippen LogP contribution in [0.25, 0.3) is 0 Å². The van der Waals surface area contributed by atoms with E-state index in [4.69, 9.17) is 0 Å². The second-order valence-corrected chi connectivity index (χ2v) is 6.75. The van der Waals surface area contributed by atoms with Gasteiger partial charge in [-0.1, -0.05) is 26.8 Å². The zero-order valence-corrected chi connectivity index (χ0v) is 12.7. The summed E-state index contributed by atoms with van der Waals surface area (Å²) in [7, 11) is 2.15. The SMILES string of the molecule is CN(CC1CCCNC1)c1ccc(C(C)(C)C)cn1. The number of nitrogens with zero attached hydrogens (tertiary/aromatic N) is 2. The Bertz CT molecular complexity index is 385. The molecule has 0 aromatic carbocycles. The smallest absolute Gasteiger partial charge is 0.128 e. The largest absolute Gasteiger partial charge is 0.359 e. The number of anilines is 1. The summed E-state index contributed by atoms with van der Waals surface area (Å²) < 4.78 is 0. The van der Waals surface area contributed by atoms with Gasteiger partial charge in [0.05, 0.1) is 0 Å². The quantitative estimate of drug-likeness (QED) is 0.907. The van der Waals surface area contributed by atoms with E-state index in [0.717, 1.165) is 24.8 Å². The topological polar surface area (TPSA) is 28.2 Å². The number of piperidine rings is 1. The number of hydrogen-bond donors (Lipinski definition) is 1. The van der Waals surface area contributed by atoms with Crippen molar-refractivity contribution in [2.75, 3.05) is 31.6 Å². The molecule has 19 heavy (non-hydrogen) atoms. The predicted octanol–water partition coefficient (Wildman–Crippen LogP) is 2.81. The molecule has 1 fully saturated rings. The Hall–Kier alpha value is -1.09. The van der Waals surface area contributed by atoms with Crippen LogP contribution in [-0.2, 0) is 5.41 Å². The average Bonchev–Trinajstić information content (AvgIpc) is 2.39. The molecule has 1 atom stereocenters. The maximum Gasteiger partial charge on any atom is 0.128 e. The van der Waals surface area contributed by atoms with E-state index in [-0.39, 0.29) is 5.41 Å². The fraction of sp³-hybridized carbons (Fsp3) is 0.688. The minimum absolute atomic E-state index is 0.178. The summed E-state index contributed by atoms with van der Waals surface area (Å²) in [5.41, 5.74) is 1.47. The summed E-state index contributed by atoms with van der Waals surface area (Å²) in [5.74, 6) is 1.83. The Morgan fingerprint density at radius 3 is 2.68 bits per heavy atom. The summed E-state index contributed by atoms with van der Waals surface area (Å²) in [6, 6.07) is 4.36. The first-order chi connectivity index (χ1) is 8.97. The maximum absolute atomic E-state index is 4.62. The van der Waals surface area contributed by atoms with Crippen molar-refractivity contribution in [3.05, 3.63) is 23.9 Å². The second-order valence-electron chi connectivity index (χ2n) is 6.75. The van der Waals surface area contributed by atoms with Crippen molar-refractivity contribution < 1.29 is 0 Å². The molecule has 0 amide bonds. The van der Waals surface area contributed by atoms with Crippen molar-refractivity contribution >= 4 is 5.82 Å². The minimum Gasteiger partial charge on any atom is -0.359 e. The van der Waals surface area contributed by atoms with E-state index in [1.165, 1.54) is 24.9 Å². The molecule has 3 heteroatoms. The van der Waals surface area contributed by atoms with Gasteiger partial charge in [-0.15, -0.1) is 0 Å². The van der Waals surface area contributed by atoms with Crippen molar-refractivity contribution in [1.29, 1.82) is 0 Å². The van der Waals surface area contributed by atoms with Gasteiger partial charge in [-0.05, 0) is 48.9 Å². The molecule has 1 aromatic rings. The third-order valence-electron chi connectivity index (χ3n) is 3.94. The zero-order valence-electron chi connectivity index (χ0n) is 12.7. The Morgan fingerprint density at radius 2 is 2.16 bits per heavy atom. The van der Waals surface area contributed by atoms with Gasteiger partial charge < -0.3 is 10.2 Å². The summed E-state index contributed by atoms with van der Waals surface area (Å²) >= 11 is 0. The molecule has 1 aromatic heterocycles. The fourth-order valence-electron chi connectivity index (χ4n) is 2.62. The van der Waals surface area contributed by atoms with E-state index >= 15 is 0 Å². The lowest BCUT2D eigenvalue weighted by Gasteiger charge is -2.28. The molecule has 0 radical (unpaired) electrons. The van der Waals surface area contributed by atoms with Gasteiger partial charge in [0.15, 0.2) is 0 Å². The molecule has 1 aliphatic heterocycles. The van der Waals surface area contributed by atoms with Crippen LogP contribution in [0.1, 0.15) is 39.2 Å². The molecular weight excluding hydrogens is 234 g/mol. The van der Waals surface area contributed by atoms with Crippen LogP contribution in [0, 0.1) is 5.92 Å². The molecule has 106 valence electrons. The van der Waals surface area contributed by atoms with Gasteiger partial charge in [0.2, 0.25) is 0 Å². The van der Waals surface area contributed by atoms with Crippen molar-refractivity contribution in [2.24, 2.45) is 5.92 Å². The first-order valence-corrected chi connectivity index (χ1v) is 7.35. The van der Waals surface area contributed by atoms with Gasteiger partial charge in [0.25, 0.3) is 0 Å². The summed E-state index contributed by atoms with van der Waals surface area (Å²) in [6.07, 6.45) is 4.65. The van der Waals surface area contributed by atoms with Crippen LogP contribution in [0.15, 0.2) is 18.3 Å². The van der Waals surface area contributed by atoms with Gasteiger partial charge >= 0.3 is 0 Å². The Morgan fingerprint density at radius 1 is 1.37 bits per heavy atom. The van der Waals surface area contributed by atoms with Crippen LogP contribution in [0.5, 0.6) is 0 Å². The maximum atomic E-state index is 4.62. The average molecular weight is 261 g/mol. The molecule has 2 rings (SSSR count). The number of aromatic nitrogens is 1. The molecule has 1 N–H and O–H groups in total. The second kappa shape index (κ2) is 5.91. The lowest BCUT2D eigenvalue weighted by atomic mass is 9.88. The first kappa shape index (κ1) is 14.3. The lowest BCUT2D eigenvalue weighted by Crippen LogP contribution is -2.37. The van der Waals surface area contributed by atoms with E-state index in [0.29, 0.717) is 0 Å². The standard InChI is InChI=1S/C16H27N3/c1-16(2,3)14-7-8-15(18-11-14)19(4)12-13-6-5-9-17-10-13/h7-8,11,13,17H,5-6,9-10,12H2,1-4H3. The third-order valence-corrected chi connectivity index (χ3v) is 3.94. The van der Waals surface area contributed by atoms with E-state index in [2.05, 4.69) is 55.2 Å². The van der Waals surface area contributed by atoms with Crippen LogP contribution in [-0.4, -0.2) is 31.7 Å². The van der Waals surface area contributed by atoms with Crippen LogP contribution in [0.2, 0.25) is 0 Å². The zero-order chi connectivity index (χ0) is 13.9. The third kappa shape index (κ3) is 3.93. The predicted molar refractivity (Wildman–Crippen MR) is 81.8 cm³/mol. The van der Waals surface area contributed by atoms with Crippen molar-refractivity contribution in [2.45, 2.75) is 39.0 Å². The number of rotatable bonds is 3.